The van der Waals surface area contributed by atoms with Crippen LogP contribution in [0.5, 0.6) is 0 Å². The zero-order valence-electron chi connectivity index (χ0n) is 10.2. The van der Waals surface area contributed by atoms with Gasteiger partial charge in [0.1, 0.15) is 5.60 Å². The molecule has 0 aromatic heterocycles. The van der Waals surface area contributed by atoms with Gasteiger partial charge in [-0.25, -0.2) is 9.59 Å². The Morgan fingerprint density at radius 3 is 2.22 bits per heavy atom. The Balaban J connectivity index is 2.67. The summed E-state index contributed by atoms with van der Waals surface area (Å²) in [6.07, 6.45) is 3.47. The maximum absolute atomic E-state index is 11.8. The van der Waals surface area contributed by atoms with Crippen LogP contribution in [0, 0.1) is 0 Å². The number of carbonyl (C=O) groups excluding carboxylic acids is 3. The van der Waals surface area contributed by atoms with Crippen molar-refractivity contribution in [2.45, 2.75) is 18.1 Å². The molecule has 0 aromatic rings. The van der Waals surface area contributed by atoms with Crippen molar-refractivity contribution in [1.29, 1.82) is 0 Å². The first-order chi connectivity index (χ1) is 8.44. The lowest BCUT2D eigenvalue weighted by atomic mass is 9.83. The van der Waals surface area contributed by atoms with Gasteiger partial charge in [-0.05, 0) is 19.1 Å². The van der Waals surface area contributed by atoms with Crippen molar-refractivity contribution in [1.82, 2.24) is 0 Å². The minimum Gasteiger partial charge on any atom is -0.466 e. The summed E-state index contributed by atoms with van der Waals surface area (Å²) in [6.45, 7) is 1.58. The van der Waals surface area contributed by atoms with Gasteiger partial charge in [0.25, 0.3) is 0 Å². The first-order valence-electron chi connectivity index (χ1n) is 5.23. The largest absolute Gasteiger partial charge is 0.466 e. The molecule has 6 nitrogen and oxygen atoms in total. The highest BCUT2D eigenvalue weighted by Gasteiger charge is 2.60. The van der Waals surface area contributed by atoms with Crippen LogP contribution in [0.4, 0.5) is 0 Å². The smallest absolute Gasteiger partial charge is 0.338 e. The lowest BCUT2D eigenvalue weighted by Crippen LogP contribution is -2.34. The summed E-state index contributed by atoms with van der Waals surface area (Å²) < 4.78 is 14.8. The Bertz CT molecular complexity index is 503. The molecule has 2 unspecified atom stereocenters. The summed E-state index contributed by atoms with van der Waals surface area (Å²) in [5, 5.41) is 0. The normalized spacial score (nSPS) is 32.6. The van der Waals surface area contributed by atoms with E-state index < -0.39 is 23.1 Å². The molecule has 0 spiro atoms. The second-order valence-electron chi connectivity index (χ2n) is 4.19. The van der Waals surface area contributed by atoms with Crippen LogP contribution in [0.15, 0.2) is 23.3 Å². The highest BCUT2D eigenvalue weighted by atomic mass is 16.6. The SMILES string of the molecule is COC(=O)C1=C(C(=O)OC)C2(C=O)C=CC1(C)O2. The molecule has 0 fully saturated rings. The van der Waals surface area contributed by atoms with Gasteiger partial charge in [-0.3, -0.25) is 4.79 Å². The number of hydrogen-bond donors (Lipinski definition) is 0. The molecular weight excluding hydrogens is 240 g/mol. The Morgan fingerprint density at radius 2 is 1.72 bits per heavy atom. The molecule has 2 rings (SSSR count). The minimum atomic E-state index is -1.55. The van der Waals surface area contributed by atoms with Crippen LogP contribution in [0.25, 0.3) is 0 Å². The number of methoxy groups -OCH3 is 2. The summed E-state index contributed by atoms with van der Waals surface area (Å²) in [7, 11) is 2.36. The van der Waals surface area contributed by atoms with E-state index in [4.69, 9.17) is 4.74 Å². The topological polar surface area (TPSA) is 78.9 Å². The highest BCUT2D eigenvalue weighted by molar-refractivity contribution is 6.09. The molecule has 0 aliphatic carbocycles. The zero-order valence-corrected chi connectivity index (χ0v) is 10.2. The Hall–Kier alpha value is -1.95. The van der Waals surface area contributed by atoms with Crippen molar-refractivity contribution >= 4 is 18.2 Å². The van der Waals surface area contributed by atoms with Crippen LogP contribution in [-0.2, 0) is 28.6 Å². The van der Waals surface area contributed by atoms with Gasteiger partial charge in [0, 0.05) is 0 Å². The molecule has 96 valence electrons. The van der Waals surface area contributed by atoms with Gasteiger partial charge in [-0.2, -0.15) is 0 Å². The third-order valence-electron chi connectivity index (χ3n) is 3.12. The molecule has 0 saturated carbocycles. The average Bonchev–Trinajstić information content (AvgIpc) is 2.85. The molecule has 0 aromatic carbocycles. The molecule has 18 heavy (non-hydrogen) atoms. The standard InChI is InChI=1S/C12H12O6/c1-11-4-5-12(6-13,18-11)8(10(15)17-3)7(11)9(14)16-2/h4-6H,1-3H3. The van der Waals surface area contributed by atoms with E-state index in [-0.39, 0.29) is 11.1 Å². The quantitative estimate of drug-likeness (QED) is 0.397. The first kappa shape index (κ1) is 12.5. The van der Waals surface area contributed by atoms with Crippen molar-refractivity contribution in [3.63, 3.8) is 0 Å². The maximum Gasteiger partial charge on any atom is 0.338 e. The van der Waals surface area contributed by atoms with Gasteiger partial charge < -0.3 is 14.2 Å². The van der Waals surface area contributed by atoms with E-state index in [0.29, 0.717) is 6.29 Å². The zero-order chi connectivity index (χ0) is 13.6. The average molecular weight is 252 g/mol. The Morgan fingerprint density at radius 1 is 1.17 bits per heavy atom. The predicted octanol–water partition coefficient (Wildman–Crippen LogP) is -0.0746. The van der Waals surface area contributed by atoms with E-state index in [1.165, 1.54) is 20.3 Å². The highest BCUT2D eigenvalue weighted by Crippen LogP contribution is 2.49. The summed E-state index contributed by atoms with van der Waals surface area (Å²) in [6, 6.07) is 0. The molecular formula is C12H12O6. The van der Waals surface area contributed by atoms with Crippen molar-refractivity contribution in [2.75, 3.05) is 14.2 Å². The lowest BCUT2D eigenvalue weighted by Gasteiger charge is -2.19. The first-order valence-corrected chi connectivity index (χ1v) is 5.23. The van der Waals surface area contributed by atoms with Gasteiger partial charge in [-0.15, -0.1) is 0 Å². The number of esters is 2. The number of ether oxygens (including phenoxy) is 3. The van der Waals surface area contributed by atoms with Crippen LogP contribution >= 0.6 is 0 Å². The van der Waals surface area contributed by atoms with Crippen molar-refractivity contribution in [3.8, 4) is 0 Å². The monoisotopic (exact) mass is 252 g/mol. The molecule has 6 heteroatoms. The summed E-state index contributed by atoms with van der Waals surface area (Å²) >= 11 is 0. The molecule has 0 N–H and O–H groups in total. The second kappa shape index (κ2) is 3.78. The number of hydrogen-bond acceptors (Lipinski definition) is 6. The fraction of sp³-hybridized carbons (Fsp3) is 0.417. The minimum absolute atomic E-state index is 0.00597. The van der Waals surface area contributed by atoms with Crippen LogP contribution < -0.4 is 0 Å². The van der Waals surface area contributed by atoms with Crippen LogP contribution in [0.3, 0.4) is 0 Å². The van der Waals surface area contributed by atoms with Gasteiger partial charge in [0.15, 0.2) is 11.9 Å². The molecule has 2 aliphatic heterocycles. The van der Waals surface area contributed by atoms with Gasteiger partial charge >= 0.3 is 11.9 Å². The van der Waals surface area contributed by atoms with Crippen LogP contribution in [-0.4, -0.2) is 43.6 Å². The van der Waals surface area contributed by atoms with E-state index in [1.807, 2.05) is 0 Å². The summed E-state index contributed by atoms with van der Waals surface area (Å²) in [4.78, 5) is 34.8. The number of rotatable bonds is 3. The van der Waals surface area contributed by atoms with Crippen molar-refractivity contribution < 1.29 is 28.6 Å². The van der Waals surface area contributed by atoms with E-state index in [9.17, 15) is 14.4 Å². The molecule has 0 saturated heterocycles. The summed E-state index contributed by atoms with van der Waals surface area (Å²) in [5.74, 6) is -1.50. The third kappa shape index (κ3) is 1.35. The van der Waals surface area contributed by atoms with E-state index in [1.54, 1.807) is 13.0 Å². The fourth-order valence-electron chi connectivity index (χ4n) is 2.31. The van der Waals surface area contributed by atoms with Gasteiger partial charge in [0.05, 0.1) is 25.4 Å². The second-order valence-corrected chi connectivity index (χ2v) is 4.19. The third-order valence-corrected chi connectivity index (χ3v) is 3.12. The lowest BCUT2D eigenvalue weighted by molar-refractivity contribution is -0.140. The van der Waals surface area contributed by atoms with Crippen molar-refractivity contribution in [3.05, 3.63) is 23.3 Å². The van der Waals surface area contributed by atoms with Crippen LogP contribution in [0.1, 0.15) is 6.92 Å². The molecule has 0 amide bonds. The van der Waals surface area contributed by atoms with E-state index >= 15 is 0 Å². The van der Waals surface area contributed by atoms with Crippen molar-refractivity contribution in [2.24, 2.45) is 0 Å². The molecule has 2 aliphatic rings. The molecule has 2 atom stereocenters. The molecule has 2 heterocycles. The fourth-order valence-corrected chi connectivity index (χ4v) is 2.31. The Kier molecular flexibility index (Phi) is 2.62. The maximum atomic E-state index is 11.8. The number of aldehydes is 1. The predicted molar refractivity (Wildman–Crippen MR) is 58.5 cm³/mol. The van der Waals surface area contributed by atoms with Gasteiger partial charge in [-0.1, -0.05) is 0 Å². The molecule has 2 bridgehead atoms. The molecule has 0 radical (unpaired) electrons. The Labute approximate surface area is 103 Å². The number of fused-ring (bicyclic) bond motifs is 2. The van der Waals surface area contributed by atoms with E-state index in [0.717, 1.165) is 0 Å². The van der Waals surface area contributed by atoms with E-state index in [2.05, 4.69) is 9.47 Å². The summed E-state index contributed by atoms with van der Waals surface area (Å²) in [5.41, 5.74) is -2.80. The van der Waals surface area contributed by atoms with Gasteiger partial charge in [0.2, 0.25) is 0 Å². The number of carbonyl (C=O) groups is 3. The van der Waals surface area contributed by atoms with Crippen LogP contribution in [0.2, 0.25) is 0 Å².